The van der Waals surface area contributed by atoms with Crippen molar-refractivity contribution in [3.63, 3.8) is 0 Å². The average molecular weight is 292 g/mol. The van der Waals surface area contributed by atoms with Crippen LogP contribution in [-0.2, 0) is 0 Å². The van der Waals surface area contributed by atoms with E-state index >= 15 is 0 Å². The highest BCUT2D eigenvalue weighted by molar-refractivity contribution is 8.26. The van der Waals surface area contributed by atoms with Crippen LogP contribution < -0.4 is 14.9 Å². The summed E-state index contributed by atoms with van der Waals surface area (Å²) in [6.07, 6.45) is 0.771. The summed E-state index contributed by atoms with van der Waals surface area (Å²) in [7, 11) is 3.04. The minimum absolute atomic E-state index is 0.352. The zero-order valence-electron chi connectivity index (χ0n) is 11.4. The SMILES string of the molecule is CCC1=N[N]C(=NC(=O)c2ccc(OC)cc2OC)S1. The molecule has 1 heterocycles. The number of benzene rings is 1. The van der Waals surface area contributed by atoms with Gasteiger partial charge in [-0.2, -0.15) is 4.99 Å². The maximum atomic E-state index is 12.1. The van der Waals surface area contributed by atoms with Crippen molar-refractivity contribution in [2.75, 3.05) is 14.2 Å². The lowest BCUT2D eigenvalue weighted by Gasteiger charge is -2.07. The highest BCUT2D eigenvalue weighted by Gasteiger charge is 2.19. The number of hydrogen-bond donors (Lipinski definition) is 0. The normalized spacial score (nSPS) is 15.8. The molecule has 0 N–H and O–H groups in total. The van der Waals surface area contributed by atoms with Crippen molar-refractivity contribution in [2.45, 2.75) is 13.3 Å². The summed E-state index contributed by atoms with van der Waals surface area (Å²) in [4.78, 5) is 16.1. The van der Waals surface area contributed by atoms with Gasteiger partial charge in [0.05, 0.1) is 19.8 Å². The van der Waals surface area contributed by atoms with Crippen LogP contribution in [0, 0.1) is 0 Å². The smallest absolute Gasteiger partial charge is 0.283 e. The zero-order chi connectivity index (χ0) is 14.5. The fraction of sp³-hybridized carbons (Fsp3) is 0.308. The van der Waals surface area contributed by atoms with Crippen LogP contribution in [0.15, 0.2) is 28.3 Å². The second-order valence-corrected chi connectivity index (χ2v) is 4.86. The van der Waals surface area contributed by atoms with E-state index in [4.69, 9.17) is 9.47 Å². The molecule has 1 aromatic rings. The molecule has 0 aliphatic carbocycles. The first-order valence-corrected chi connectivity index (χ1v) is 6.80. The molecular weight excluding hydrogens is 278 g/mol. The Morgan fingerprint density at radius 3 is 2.75 bits per heavy atom. The minimum atomic E-state index is -0.414. The van der Waals surface area contributed by atoms with Gasteiger partial charge in [-0.25, -0.2) is 0 Å². The fourth-order valence-corrected chi connectivity index (χ4v) is 2.20. The number of carbonyl (C=O) groups is 1. The van der Waals surface area contributed by atoms with Crippen LogP contribution in [-0.4, -0.2) is 30.3 Å². The average Bonchev–Trinajstić information content (AvgIpc) is 2.94. The first-order valence-electron chi connectivity index (χ1n) is 5.98. The molecule has 2 rings (SSSR count). The van der Waals surface area contributed by atoms with Crippen molar-refractivity contribution in [3.8, 4) is 11.5 Å². The number of methoxy groups -OCH3 is 2. The molecule has 0 aromatic heterocycles. The quantitative estimate of drug-likeness (QED) is 0.853. The molecule has 20 heavy (non-hydrogen) atoms. The van der Waals surface area contributed by atoms with Gasteiger partial charge in [0.25, 0.3) is 5.91 Å². The molecule has 0 atom stereocenters. The third kappa shape index (κ3) is 3.11. The molecule has 0 spiro atoms. The molecule has 1 radical (unpaired) electrons. The van der Waals surface area contributed by atoms with Crippen LogP contribution in [0.2, 0.25) is 0 Å². The van der Waals surface area contributed by atoms with Crippen LogP contribution in [0.25, 0.3) is 0 Å². The molecule has 7 heteroatoms. The van der Waals surface area contributed by atoms with E-state index in [0.29, 0.717) is 22.2 Å². The Bertz CT molecular complexity index is 584. The van der Waals surface area contributed by atoms with Gasteiger partial charge in [-0.3, -0.25) is 4.79 Å². The Morgan fingerprint density at radius 2 is 2.15 bits per heavy atom. The molecule has 6 nitrogen and oxygen atoms in total. The largest absolute Gasteiger partial charge is 0.497 e. The number of aliphatic imine (C=N–C) groups is 1. The van der Waals surface area contributed by atoms with Gasteiger partial charge in [-0.1, -0.05) is 6.92 Å². The van der Waals surface area contributed by atoms with Crippen molar-refractivity contribution in [3.05, 3.63) is 23.8 Å². The van der Waals surface area contributed by atoms with Crippen LogP contribution in [0.1, 0.15) is 23.7 Å². The van der Waals surface area contributed by atoms with Gasteiger partial charge in [0.1, 0.15) is 16.5 Å². The van der Waals surface area contributed by atoms with E-state index < -0.39 is 5.91 Å². The van der Waals surface area contributed by atoms with Crippen LogP contribution in [0.5, 0.6) is 11.5 Å². The first-order chi connectivity index (χ1) is 9.67. The van der Waals surface area contributed by atoms with E-state index in [1.807, 2.05) is 6.92 Å². The van der Waals surface area contributed by atoms with Gasteiger partial charge < -0.3 is 9.47 Å². The number of thioether (sulfide) groups is 1. The first kappa shape index (κ1) is 14.4. The standard InChI is InChI=1S/C13H14N3O3S/c1-4-11-15-16-13(20-11)14-12(17)9-6-5-8(18-2)7-10(9)19-3/h5-7H,4H2,1-3H3. The zero-order valence-corrected chi connectivity index (χ0v) is 12.2. The van der Waals surface area contributed by atoms with Gasteiger partial charge in [0, 0.05) is 6.07 Å². The maximum absolute atomic E-state index is 12.1. The number of hydrogen-bond acceptors (Lipinski definition) is 5. The van der Waals surface area contributed by atoms with Crippen molar-refractivity contribution in [1.82, 2.24) is 5.43 Å². The second-order valence-electron chi connectivity index (χ2n) is 3.82. The number of nitrogens with zero attached hydrogens (tertiary/aromatic N) is 3. The molecule has 1 amide bonds. The predicted octanol–water partition coefficient (Wildman–Crippen LogP) is 2.27. The van der Waals surface area contributed by atoms with Crippen LogP contribution in [0.3, 0.4) is 0 Å². The molecule has 1 aliphatic heterocycles. The molecule has 0 unspecified atom stereocenters. The highest BCUT2D eigenvalue weighted by Crippen LogP contribution is 2.26. The van der Waals surface area contributed by atoms with Gasteiger partial charge >= 0.3 is 0 Å². The number of amidine groups is 1. The van der Waals surface area contributed by atoms with E-state index in [9.17, 15) is 4.79 Å². The van der Waals surface area contributed by atoms with Crippen molar-refractivity contribution >= 4 is 27.9 Å². The van der Waals surface area contributed by atoms with E-state index in [1.54, 1.807) is 25.3 Å². The Labute approximate surface area is 121 Å². The molecule has 1 aliphatic rings. The van der Waals surface area contributed by atoms with Crippen molar-refractivity contribution in [2.24, 2.45) is 10.1 Å². The topological polar surface area (TPSA) is 74.4 Å². The summed E-state index contributed by atoms with van der Waals surface area (Å²) in [5.74, 6) is 0.615. The van der Waals surface area contributed by atoms with Gasteiger partial charge in [0.2, 0.25) is 5.17 Å². The lowest BCUT2D eigenvalue weighted by atomic mass is 10.2. The van der Waals surface area contributed by atoms with E-state index in [2.05, 4.69) is 15.5 Å². The Morgan fingerprint density at radius 1 is 1.35 bits per heavy atom. The third-order valence-electron chi connectivity index (χ3n) is 2.59. The molecule has 0 fully saturated rings. The number of ether oxygens (including phenoxy) is 2. The fourth-order valence-electron chi connectivity index (χ4n) is 1.56. The lowest BCUT2D eigenvalue weighted by molar-refractivity contribution is 0.1000. The van der Waals surface area contributed by atoms with E-state index in [0.717, 1.165) is 11.5 Å². The van der Waals surface area contributed by atoms with Crippen molar-refractivity contribution < 1.29 is 14.3 Å². The van der Waals surface area contributed by atoms with Gasteiger partial charge in [-0.15, -0.1) is 10.5 Å². The summed E-state index contributed by atoms with van der Waals surface area (Å²) in [5.41, 5.74) is 4.22. The Balaban J connectivity index is 2.20. The highest BCUT2D eigenvalue weighted by atomic mass is 32.2. The summed E-state index contributed by atoms with van der Waals surface area (Å²) in [5, 5.41) is 5.12. The summed E-state index contributed by atoms with van der Waals surface area (Å²) in [6, 6.07) is 4.94. The molecule has 0 bridgehead atoms. The Kier molecular flexibility index (Phi) is 4.62. The monoisotopic (exact) mass is 292 g/mol. The predicted molar refractivity (Wildman–Crippen MR) is 78.8 cm³/mol. The van der Waals surface area contributed by atoms with E-state index in [1.165, 1.54) is 18.9 Å². The van der Waals surface area contributed by atoms with Crippen LogP contribution in [0.4, 0.5) is 0 Å². The number of carbonyl (C=O) groups excluding carboxylic acids is 1. The number of rotatable bonds is 4. The van der Waals surface area contributed by atoms with E-state index in [-0.39, 0.29) is 0 Å². The minimum Gasteiger partial charge on any atom is -0.497 e. The molecule has 105 valence electrons. The van der Waals surface area contributed by atoms with Gasteiger partial charge in [-0.05, 0) is 30.3 Å². The third-order valence-corrected chi connectivity index (χ3v) is 3.56. The van der Waals surface area contributed by atoms with Gasteiger partial charge in [0.15, 0.2) is 0 Å². The molecule has 0 saturated carbocycles. The summed E-state index contributed by atoms with van der Waals surface area (Å²) >= 11 is 1.30. The van der Waals surface area contributed by atoms with Crippen LogP contribution >= 0.6 is 11.8 Å². The summed E-state index contributed by atoms with van der Waals surface area (Å²) in [6.45, 7) is 1.97. The number of amides is 1. The molecular formula is C13H14N3O3S. The Hall–Kier alpha value is -2.02. The molecule has 0 saturated heterocycles. The molecule has 1 aromatic carbocycles. The lowest BCUT2D eigenvalue weighted by Crippen LogP contribution is -2.06. The maximum Gasteiger partial charge on any atom is 0.283 e. The summed E-state index contributed by atoms with van der Waals surface area (Å²) < 4.78 is 10.3. The second kappa shape index (κ2) is 6.42. The van der Waals surface area contributed by atoms with Crippen molar-refractivity contribution in [1.29, 1.82) is 0 Å².